The SMILES string of the molecule is CCCc1ccc(CCC2CCc3c(F)c(C4CCC(c5ccc(OC(F)(F)F)cc5)CC4)c(F)c(F)c3C2)c(F)c1. The number of ether oxygens (including phenoxy) is 1. The zero-order chi connectivity index (χ0) is 30.0. The summed E-state index contributed by atoms with van der Waals surface area (Å²) in [5, 5.41) is 0. The summed E-state index contributed by atoms with van der Waals surface area (Å²) in [5.74, 6) is -3.69. The number of halogens is 7. The van der Waals surface area contributed by atoms with Gasteiger partial charge in [0, 0.05) is 5.56 Å². The van der Waals surface area contributed by atoms with Crippen LogP contribution >= 0.6 is 0 Å². The predicted octanol–water partition coefficient (Wildman–Crippen LogP) is 10.3. The summed E-state index contributed by atoms with van der Waals surface area (Å²) < 4.78 is 102. The predicted molar refractivity (Wildman–Crippen MR) is 148 cm³/mol. The first-order chi connectivity index (χ1) is 20.0. The first kappa shape index (κ1) is 30.4. The topological polar surface area (TPSA) is 9.23 Å². The van der Waals surface area contributed by atoms with Crippen LogP contribution < -0.4 is 4.74 Å². The molecule has 42 heavy (non-hydrogen) atoms. The molecular weight excluding hydrogens is 557 g/mol. The molecule has 0 N–H and O–H groups in total. The van der Waals surface area contributed by atoms with Crippen molar-refractivity contribution < 1.29 is 35.5 Å². The smallest absolute Gasteiger partial charge is 0.406 e. The number of hydrogen-bond donors (Lipinski definition) is 0. The third-order valence-corrected chi connectivity index (χ3v) is 9.05. The van der Waals surface area contributed by atoms with Crippen LogP contribution in [0.5, 0.6) is 5.75 Å². The Labute approximate surface area is 242 Å². The Hall–Kier alpha value is -3.03. The monoisotopic (exact) mass is 592 g/mol. The highest BCUT2D eigenvalue weighted by Gasteiger charge is 2.35. The van der Waals surface area contributed by atoms with Gasteiger partial charge in [-0.2, -0.15) is 0 Å². The van der Waals surface area contributed by atoms with Gasteiger partial charge in [-0.25, -0.2) is 17.6 Å². The molecule has 226 valence electrons. The maximum absolute atomic E-state index is 15.7. The fourth-order valence-corrected chi connectivity index (χ4v) is 6.85. The van der Waals surface area contributed by atoms with Crippen LogP contribution in [-0.4, -0.2) is 6.36 Å². The standard InChI is InChI=1S/C34H35F7O/c1-2-3-20-4-7-24(29(35)19-20)8-5-21-6-17-27-28(18-21)32(37)33(38)30(31(27)36)25-11-9-22(10-12-25)23-13-15-26(16-14-23)42-34(39,40)41/h4,7,13-16,19,21-22,25H,2-3,5-6,8-12,17-18H2,1H3. The van der Waals surface area contributed by atoms with Crippen LogP contribution in [0.1, 0.15) is 97.1 Å². The van der Waals surface area contributed by atoms with Crippen molar-refractivity contribution in [2.24, 2.45) is 5.92 Å². The average Bonchev–Trinajstić information content (AvgIpc) is 2.96. The van der Waals surface area contributed by atoms with Gasteiger partial charge in [0.2, 0.25) is 0 Å². The normalized spacial score (nSPS) is 20.8. The van der Waals surface area contributed by atoms with Crippen molar-refractivity contribution in [3.63, 3.8) is 0 Å². The average molecular weight is 593 g/mol. The van der Waals surface area contributed by atoms with E-state index in [2.05, 4.69) is 4.74 Å². The number of hydrogen-bond acceptors (Lipinski definition) is 1. The second-order valence-corrected chi connectivity index (χ2v) is 11.8. The van der Waals surface area contributed by atoms with Gasteiger partial charge in [-0.15, -0.1) is 13.2 Å². The second-order valence-electron chi connectivity index (χ2n) is 11.8. The van der Waals surface area contributed by atoms with E-state index in [1.54, 1.807) is 24.3 Å². The van der Waals surface area contributed by atoms with Crippen molar-refractivity contribution in [1.29, 1.82) is 0 Å². The van der Waals surface area contributed by atoms with E-state index in [-0.39, 0.29) is 46.5 Å². The quantitative estimate of drug-likeness (QED) is 0.187. The van der Waals surface area contributed by atoms with Crippen LogP contribution in [-0.2, 0) is 25.7 Å². The Bertz CT molecular complexity index is 1390. The molecular formula is C34H35F7O. The van der Waals surface area contributed by atoms with E-state index in [1.165, 1.54) is 12.1 Å². The van der Waals surface area contributed by atoms with Gasteiger partial charge in [0.05, 0.1) is 0 Å². The molecule has 2 aliphatic rings. The molecule has 0 spiro atoms. The van der Waals surface area contributed by atoms with E-state index >= 15 is 13.2 Å². The minimum absolute atomic E-state index is 0.00901. The molecule has 3 aromatic rings. The Morgan fingerprint density at radius 3 is 2.10 bits per heavy atom. The number of fused-ring (bicyclic) bond motifs is 1. The van der Waals surface area contributed by atoms with Crippen LogP contribution in [0.4, 0.5) is 30.7 Å². The zero-order valence-electron chi connectivity index (χ0n) is 23.6. The number of benzene rings is 3. The van der Waals surface area contributed by atoms with Crippen LogP contribution in [0.3, 0.4) is 0 Å². The van der Waals surface area contributed by atoms with Crippen LogP contribution in [0.25, 0.3) is 0 Å². The lowest BCUT2D eigenvalue weighted by molar-refractivity contribution is -0.274. The Kier molecular flexibility index (Phi) is 9.19. The van der Waals surface area contributed by atoms with Gasteiger partial charge in [0.25, 0.3) is 0 Å². The van der Waals surface area contributed by atoms with E-state index in [0.717, 1.165) is 24.0 Å². The lowest BCUT2D eigenvalue weighted by Gasteiger charge is -2.32. The summed E-state index contributed by atoms with van der Waals surface area (Å²) in [7, 11) is 0. The second kappa shape index (κ2) is 12.7. The summed E-state index contributed by atoms with van der Waals surface area (Å²) in [4.78, 5) is 0. The summed E-state index contributed by atoms with van der Waals surface area (Å²) in [6.07, 6.45) is 1.32. The van der Waals surface area contributed by atoms with Gasteiger partial charge in [0.1, 0.15) is 17.4 Å². The summed E-state index contributed by atoms with van der Waals surface area (Å²) in [6, 6.07) is 11.0. The molecule has 0 saturated heterocycles. The van der Waals surface area contributed by atoms with Crippen LogP contribution in [0, 0.1) is 29.2 Å². The van der Waals surface area contributed by atoms with Crippen molar-refractivity contribution in [2.75, 3.05) is 0 Å². The first-order valence-electron chi connectivity index (χ1n) is 14.8. The summed E-state index contributed by atoms with van der Waals surface area (Å²) >= 11 is 0. The van der Waals surface area contributed by atoms with Gasteiger partial charge in [-0.1, -0.05) is 37.6 Å². The minimum atomic E-state index is -4.76. The van der Waals surface area contributed by atoms with Gasteiger partial charge in [0.15, 0.2) is 11.6 Å². The lowest BCUT2D eigenvalue weighted by atomic mass is 9.73. The Morgan fingerprint density at radius 1 is 0.762 bits per heavy atom. The molecule has 1 fully saturated rings. The number of aryl methyl sites for hydroxylation is 2. The van der Waals surface area contributed by atoms with Crippen LogP contribution in [0.15, 0.2) is 42.5 Å². The molecule has 0 bridgehead atoms. The maximum Gasteiger partial charge on any atom is 0.573 e. The van der Waals surface area contributed by atoms with E-state index in [9.17, 15) is 17.6 Å². The molecule has 5 rings (SSSR count). The molecule has 0 aromatic heterocycles. The molecule has 0 aliphatic heterocycles. The molecule has 3 aromatic carbocycles. The highest BCUT2D eigenvalue weighted by Crippen LogP contribution is 2.45. The fraction of sp³-hybridized carbons (Fsp3) is 0.471. The third-order valence-electron chi connectivity index (χ3n) is 9.05. The van der Waals surface area contributed by atoms with Crippen molar-refractivity contribution in [3.05, 3.63) is 99.1 Å². The first-order valence-corrected chi connectivity index (χ1v) is 14.8. The lowest BCUT2D eigenvalue weighted by Crippen LogP contribution is -2.23. The molecule has 0 heterocycles. The summed E-state index contributed by atoms with van der Waals surface area (Å²) in [6.45, 7) is 2.04. The third kappa shape index (κ3) is 6.78. The fourth-order valence-electron chi connectivity index (χ4n) is 6.85. The highest BCUT2D eigenvalue weighted by molar-refractivity contribution is 5.41. The Morgan fingerprint density at radius 2 is 1.45 bits per heavy atom. The number of rotatable bonds is 8. The van der Waals surface area contributed by atoms with E-state index < -0.39 is 29.7 Å². The largest absolute Gasteiger partial charge is 0.573 e. The van der Waals surface area contributed by atoms with Gasteiger partial charge in [-0.05, 0) is 128 Å². The summed E-state index contributed by atoms with van der Waals surface area (Å²) in [5.41, 5.74) is 2.59. The van der Waals surface area contributed by atoms with Crippen molar-refractivity contribution in [3.8, 4) is 5.75 Å². The molecule has 1 nitrogen and oxygen atoms in total. The molecule has 1 saturated carbocycles. The van der Waals surface area contributed by atoms with E-state index in [0.29, 0.717) is 56.9 Å². The van der Waals surface area contributed by atoms with Crippen molar-refractivity contribution in [2.45, 2.75) is 95.8 Å². The molecule has 0 amide bonds. The van der Waals surface area contributed by atoms with Gasteiger partial charge >= 0.3 is 6.36 Å². The zero-order valence-corrected chi connectivity index (χ0v) is 23.6. The van der Waals surface area contributed by atoms with Crippen molar-refractivity contribution in [1.82, 2.24) is 0 Å². The van der Waals surface area contributed by atoms with Gasteiger partial charge in [-0.3, -0.25) is 0 Å². The van der Waals surface area contributed by atoms with Crippen LogP contribution in [0.2, 0.25) is 0 Å². The Balaban J connectivity index is 1.23. The molecule has 8 heteroatoms. The maximum atomic E-state index is 15.7. The molecule has 1 atom stereocenters. The van der Waals surface area contributed by atoms with Gasteiger partial charge < -0.3 is 4.74 Å². The van der Waals surface area contributed by atoms with Crippen molar-refractivity contribution >= 4 is 0 Å². The molecule has 2 aliphatic carbocycles. The molecule has 1 unspecified atom stereocenters. The minimum Gasteiger partial charge on any atom is -0.406 e. The van der Waals surface area contributed by atoms with E-state index in [1.807, 2.05) is 13.0 Å². The molecule has 0 radical (unpaired) electrons. The highest BCUT2D eigenvalue weighted by atomic mass is 19.4. The van der Waals surface area contributed by atoms with E-state index in [4.69, 9.17) is 0 Å². The number of alkyl halides is 3.